The molecule has 0 aromatic rings. The number of carbonyl (C=O) groups excluding carboxylic acids is 6. The second-order valence-corrected chi connectivity index (χ2v) is 8.58. The van der Waals surface area contributed by atoms with Crippen LogP contribution < -0.4 is 38.9 Å². The molecule has 0 saturated heterocycles. The number of amides is 6. The van der Waals surface area contributed by atoms with E-state index in [1.165, 1.54) is 11.8 Å². The number of aliphatic carboxylic acids is 1. The van der Waals surface area contributed by atoms with E-state index in [1.807, 2.05) is 6.26 Å². The van der Waals surface area contributed by atoms with Crippen molar-refractivity contribution in [3.63, 3.8) is 0 Å². The van der Waals surface area contributed by atoms with Gasteiger partial charge in [-0.15, -0.1) is 0 Å². The molecule has 4 unspecified atom stereocenters. The fourth-order valence-electron chi connectivity index (χ4n) is 2.71. The van der Waals surface area contributed by atoms with Gasteiger partial charge >= 0.3 is 5.97 Å². The Hall–Kier alpha value is -3.40. The summed E-state index contributed by atoms with van der Waals surface area (Å²) in [6.07, 6.45) is 0.161. The SMILES string of the molecule is CSCCC(N)C(=O)NC(CC(N)=O)C(=O)NC(CCC(N)=O)C(=O)NC(CCC(N)=O)C(=O)O. The summed E-state index contributed by atoms with van der Waals surface area (Å²) in [6, 6.07) is -5.45. The summed E-state index contributed by atoms with van der Waals surface area (Å²) in [6.45, 7) is 0. The number of hydrogen-bond donors (Lipinski definition) is 8. The number of carboxylic acid groups (broad SMARTS) is 1. The largest absolute Gasteiger partial charge is 0.480 e. The predicted molar refractivity (Wildman–Crippen MR) is 125 cm³/mol. The Morgan fingerprint density at radius 2 is 1.17 bits per heavy atom. The molecule has 12 N–H and O–H groups in total. The topological polar surface area (TPSA) is 280 Å². The quantitative estimate of drug-likeness (QED) is 0.0868. The Balaban J connectivity index is 5.56. The molecular weight excluding hydrogens is 486 g/mol. The van der Waals surface area contributed by atoms with Crippen molar-refractivity contribution in [2.45, 2.75) is 62.7 Å². The highest BCUT2D eigenvalue weighted by atomic mass is 32.2. The summed E-state index contributed by atoms with van der Waals surface area (Å²) in [5.74, 6) is -6.14. The molecule has 198 valence electrons. The molecule has 0 rings (SSSR count). The van der Waals surface area contributed by atoms with Crippen molar-refractivity contribution in [1.29, 1.82) is 0 Å². The van der Waals surface area contributed by atoms with E-state index >= 15 is 0 Å². The average Bonchev–Trinajstić information content (AvgIpc) is 2.75. The van der Waals surface area contributed by atoms with Crippen molar-refractivity contribution in [3.05, 3.63) is 0 Å². The first kappa shape index (κ1) is 31.6. The first-order chi connectivity index (χ1) is 16.3. The van der Waals surface area contributed by atoms with E-state index in [1.54, 1.807) is 0 Å². The van der Waals surface area contributed by atoms with Crippen LogP contribution in [0.3, 0.4) is 0 Å². The molecule has 15 nitrogen and oxygen atoms in total. The van der Waals surface area contributed by atoms with Crippen molar-refractivity contribution in [2.75, 3.05) is 12.0 Å². The molecule has 0 aromatic carbocycles. The zero-order valence-corrected chi connectivity index (χ0v) is 20.1. The number of primary amides is 3. The van der Waals surface area contributed by atoms with Crippen LogP contribution in [0.15, 0.2) is 0 Å². The highest BCUT2D eigenvalue weighted by Crippen LogP contribution is 2.05. The van der Waals surface area contributed by atoms with Crippen molar-refractivity contribution in [3.8, 4) is 0 Å². The van der Waals surface area contributed by atoms with Crippen molar-refractivity contribution >= 4 is 53.2 Å². The monoisotopic (exact) mass is 519 g/mol. The van der Waals surface area contributed by atoms with Gasteiger partial charge in [-0.05, 0) is 31.3 Å². The van der Waals surface area contributed by atoms with Gasteiger partial charge < -0.3 is 44.0 Å². The van der Waals surface area contributed by atoms with Crippen LogP contribution in [0.4, 0.5) is 0 Å². The first-order valence-electron chi connectivity index (χ1n) is 10.5. The average molecular weight is 520 g/mol. The van der Waals surface area contributed by atoms with Crippen LogP contribution in [0.1, 0.15) is 38.5 Å². The standard InChI is InChI=1S/C19H33N7O8S/c1-35-7-6-9(20)16(30)26-12(8-15(23)29)18(32)24-10(2-4-13(21)27)17(31)25-11(19(33)34)3-5-14(22)28/h9-12H,2-8,20H2,1H3,(H2,21,27)(H2,22,28)(H2,23,29)(H,24,32)(H,25,31)(H,26,30)(H,33,34). The minimum absolute atomic E-state index is 0.295. The van der Waals surface area contributed by atoms with Crippen LogP contribution in [-0.2, 0) is 33.6 Å². The van der Waals surface area contributed by atoms with Crippen LogP contribution in [0.25, 0.3) is 0 Å². The van der Waals surface area contributed by atoms with Gasteiger partial charge in [0.1, 0.15) is 18.1 Å². The molecule has 0 spiro atoms. The Morgan fingerprint density at radius 3 is 1.63 bits per heavy atom. The molecule has 4 atom stereocenters. The molecule has 16 heteroatoms. The molecular formula is C19H33N7O8S. The molecule has 0 fully saturated rings. The second kappa shape index (κ2) is 16.3. The van der Waals surface area contributed by atoms with Gasteiger partial charge in [0.2, 0.25) is 35.4 Å². The third-order valence-electron chi connectivity index (χ3n) is 4.61. The molecule has 0 aliphatic carbocycles. The Bertz CT molecular complexity index is 810. The summed E-state index contributed by atoms with van der Waals surface area (Å²) in [7, 11) is 0. The van der Waals surface area contributed by atoms with Gasteiger partial charge in [0.15, 0.2) is 0 Å². The number of nitrogens with two attached hydrogens (primary N) is 4. The number of hydrogen-bond acceptors (Lipinski definition) is 9. The van der Waals surface area contributed by atoms with Gasteiger partial charge in [0, 0.05) is 12.8 Å². The summed E-state index contributed by atoms with van der Waals surface area (Å²) < 4.78 is 0. The lowest BCUT2D eigenvalue weighted by Gasteiger charge is -2.24. The number of carbonyl (C=O) groups is 7. The lowest BCUT2D eigenvalue weighted by atomic mass is 10.1. The number of carboxylic acids is 1. The summed E-state index contributed by atoms with van der Waals surface area (Å²) in [5.41, 5.74) is 21.0. The molecule has 0 aromatic heterocycles. The molecule has 35 heavy (non-hydrogen) atoms. The lowest BCUT2D eigenvalue weighted by Crippen LogP contribution is -2.57. The van der Waals surface area contributed by atoms with Crippen LogP contribution >= 0.6 is 11.8 Å². The summed E-state index contributed by atoms with van der Waals surface area (Å²) in [4.78, 5) is 82.8. The van der Waals surface area contributed by atoms with Crippen LogP contribution in [-0.4, -0.2) is 82.7 Å². The zero-order valence-electron chi connectivity index (χ0n) is 19.3. The van der Waals surface area contributed by atoms with Gasteiger partial charge in [0.05, 0.1) is 12.5 Å². The molecule has 0 aliphatic rings. The Kier molecular flexibility index (Phi) is 14.7. The smallest absolute Gasteiger partial charge is 0.326 e. The van der Waals surface area contributed by atoms with Crippen LogP contribution in [0.5, 0.6) is 0 Å². The maximum Gasteiger partial charge on any atom is 0.326 e. The predicted octanol–water partition coefficient (Wildman–Crippen LogP) is -3.99. The van der Waals surface area contributed by atoms with E-state index in [-0.39, 0.29) is 25.7 Å². The van der Waals surface area contributed by atoms with E-state index in [4.69, 9.17) is 22.9 Å². The third-order valence-corrected chi connectivity index (χ3v) is 5.26. The van der Waals surface area contributed by atoms with Crippen molar-refractivity contribution < 1.29 is 38.7 Å². The van der Waals surface area contributed by atoms with Crippen molar-refractivity contribution in [1.82, 2.24) is 16.0 Å². The Labute approximate surface area is 205 Å². The van der Waals surface area contributed by atoms with E-state index in [0.717, 1.165) is 0 Å². The van der Waals surface area contributed by atoms with Crippen LogP contribution in [0, 0.1) is 0 Å². The normalized spacial score (nSPS) is 14.0. The fourth-order valence-corrected chi connectivity index (χ4v) is 3.20. The van der Waals surface area contributed by atoms with Gasteiger partial charge in [-0.2, -0.15) is 11.8 Å². The minimum atomic E-state index is -1.52. The number of nitrogens with one attached hydrogen (secondary N) is 3. The van der Waals surface area contributed by atoms with E-state index < -0.39 is 72.0 Å². The first-order valence-corrected chi connectivity index (χ1v) is 11.9. The minimum Gasteiger partial charge on any atom is -0.480 e. The maximum atomic E-state index is 12.8. The zero-order chi connectivity index (χ0) is 27.1. The summed E-state index contributed by atoms with van der Waals surface area (Å²) >= 11 is 1.45. The maximum absolute atomic E-state index is 12.8. The molecule has 0 radical (unpaired) electrons. The molecule has 6 amide bonds. The van der Waals surface area contributed by atoms with Crippen LogP contribution in [0.2, 0.25) is 0 Å². The highest BCUT2D eigenvalue weighted by Gasteiger charge is 2.31. The fraction of sp³-hybridized carbons (Fsp3) is 0.632. The molecule has 0 heterocycles. The summed E-state index contributed by atoms with van der Waals surface area (Å²) in [5, 5.41) is 16.0. The van der Waals surface area contributed by atoms with E-state index in [0.29, 0.717) is 12.2 Å². The van der Waals surface area contributed by atoms with Gasteiger partial charge in [-0.3, -0.25) is 28.8 Å². The van der Waals surface area contributed by atoms with Gasteiger partial charge in [0.25, 0.3) is 0 Å². The molecule has 0 saturated carbocycles. The molecule has 0 aliphatic heterocycles. The number of rotatable bonds is 18. The van der Waals surface area contributed by atoms with E-state index in [9.17, 15) is 38.7 Å². The van der Waals surface area contributed by atoms with Gasteiger partial charge in [-0.25, -0.2) is 4.79 Å². The highest BCUT2D eigenvalue weighted by molar-refractivity contribution is 7.98. The van der Waals surface area contributed by atoms with Crippen molar-refractivity contribution in [2.24, 2.45) is 22.9 Å². The lowest BCUT2D eigenvalue weighted by molar-refractivity contribution is -0.143. The second-order valence-electron chi connectivity index (χ2n) is 7.59. The van der Waals surface area contributed by atoms with Gasteiger partial charge in [-0.1, -0.05) is 0 Å². The van der Waals surface area contributed by atoms with E-state index in [2.05, 4.69) is 16.0 Å². The molecule has 0 bridgehead atoms. The Morgan fingerprint density at radius 1 is 0.714 bits per heavy atom. The third kappa shape index (κ3) is 13.8. The number of thioether (sulfide) groups is 1.